The maximum atomic E-state index is 4.26. The lowest BCUT2D eigenvalue weighted by atomic mass is 9.83. The minimum Gasteiger partial charge on any atom is -0.285 e. The van der Waals surface area contributed by atoms with Gasteiger partial charge in [0.05, 0.1) is 5.69 Å². The highest BCUT2D eigenvalue weighted by Gasteiger charge is 3.30. The summed E-state index contributed by atoms with van der Waals surface area (Å²) >= 11 is 0. The second-order valence-corrected chi connectivity index (χ2v) is 4.24. The van der Waals surface area contributed by atoms with Crippen molar-refractivity contribution in [2.45, 2.75) is 5.41 Å². The molecule has 0 aromatic carbocycles. The van der Waals surface area contributed by atoms with E-state index in [1.165, 1.54) is 11.6 Å². The van der Waals surface area contributed by atoms with Gasteiger partial charge in [-0.1, -0.05) is 0 Å². The number of aromatic amines is 1. The zero-order valence-electron chi connectivity index (χ0n) is 5.33. The van der Waals surface area contributed by atoms with Crippen LogP contribution in [0.2, 0.25) is 0 Å². The Balaban J connectivity index is 1.84. The lowest BCUT2D eigenvalue weighted by molar-refractivity contribution is 0.362. The van der Waals surface area contributed by atoms with E-state index in [-0.39, 0.29) is 0 Å². The standard InChI is InChI=1S/C8H6N2/c1-2-9-10-3(1)7-5-4-6(7)8(4,5)7/h1-2,4-6H,(H,9,10). The van der Waals surface area contributed by atoms with E-state index in [2.05, 4.69) is 16.3 Å². The summed E-state index contributed by atoms with van der Waals surface area (Å²) in [5.41, 5.74) is 2.96. The van der Waals surface area contributed by atoms with Crippen LogP contribution in [0.5, 0.6) is 0 Å². The maximum Gasteiger partial charge on any atom is 0.0695 e. The Morgan fingerprint density at radius 3 is 2.70 bits per heavy atom. The van der Waals surface area contributed by atoms with Gasteiger partial charge in [0, 0.05) is 11.6 Å². The summed E-state index contributed by atoms with van der Waals surface area (Å²) in [5.74, 6) is 3.44. The first-order valence-corrected chi connectivity index (χ1v) is 3.97. The fourth-order valence-electron chi connectivity index (χ4n) is 3.95. The summed E-state index contributed by atoms with van der Waals surface area (Å²) in [6, 6.07) is 2.16. The molecule has 2 nitrogen and oxygen atoms in total. The van der Waals surface area contributed by atoms with Crippen LogP contribution < -0.4 is 0 Å². The van der Waals surface area contributed by atoms with Crippen molar-refractivity contribution in [2.24, 2.45) is 23.2 Å². The molecular formula is C8H6N2. The van der Waals surface area contributed by atoms with Gasteiger partial charge in [0.1, 0.15) is 0 Å². The minimum absolute atomic E-state index is 0.692. The summed E-state index contributed by atoms with van der Waals surface area (Å²) in [7, 11) is 0. The first kappa shape index (κ1) is 3.56. The average Bonchev–Trinajstić information content (AvgIpc) is 2.69. The molecule has 2 atom stereocenters. The van der Waals surface area contributed by atoms with Gasteiger partial charge >= 0.3 is 0 Å². The highest BCUT2D eigenvalue weighted by atomic mass is 15.3. The third-order valence-corrected chi connectivity index (χ3v) is 4.54. The SMILES string of the molecule is c1cc(C23C4C5C2C543)n[nH]1. The molecular weight excluding hydrogens is 124 g/mol. The molecule has 0 saturated heterocycles. The first-order valence-electron chi connectivity index (χ1n) is 3.97. The zero-order valence-corrected chi connectivity index (χ0v) is 5.33. The number of aromatic nitrogens is 2. The number of nitrogens with zero attached hydrogens (tertiary/aromatic N) is 1. The van der Waals surface area contributed by atoms with E-state index in [0.717, 1.165) is 17.3 Å². The van der Waals surface area contributed by atoms with Gasteiger partial charge in [-0.2, -0.15) is 5.10 Å². The van der Waals surface area contributed by atoms with Crippen LogP contribution in [-0.2, 0) is 5.41 Å². The van der Waals surface area contributed by atoms with E-state index >= 15 is 0 Å². The van der Waals surface area contributed by atoms with E-state index in [1.807, 2.05) is 6.20 Å². The molecule has 5 rings (SSSR count). The molecule has 0 bridgehead atoms. The Morgan fingerprint density at radius 1 is 1.50 bits per heavy atom. The van der Waals surface area contributed by atoms with Crippen molar-refractivity contribution in [3.05, 3.63) is 18.0 Å². The minimum atomic E-state index is 0.692. The van der Waals surface area contributed by atoms with Gasteiger partial charge in [-0.25, -0.2) is 0 Å². The number of H-pyrrole nitrogens is 1. The van der Waals surface area contributed by atoms with Crippen molar-refractivity contribution >= 4 is 0 Å². The zero-order chi connectivity index (χ0) is 6.14. The molecule has 0 amide bonds. The molecule has 48 valence electrons. The predicted octanol–water partition coefficient (Wildman–Crippen LogP) is 0.537. The van der Waals surface area contributed by atoms with Crippen molar-refractivity contribution in [1.29, 1.82) is 0 Å². The predicted molar refractivity (Wildman–Crippen MR) is 33.2 cm³/mol. The smallest absolute Gasteiger partial charge is 0.0695 e. The molecule has 1 N–H and O–H groups in total. The fraction of sp³-hybridized carbons (Fsp3) is 0.625. The number of fused-ring (bicyclic) bond motifs is 4. The van der Waals surface area contributed by atoms with Crippen LogP contribution >= 0.6 is 0 Å². The van der Waals surface area contributed by atoms with E-state index in [9.17, 15) is 0 Å². The molecule has 4 saturated carbocycles. The Morgan fingerprint density at radius 2 is 2.30 bits per heavy atom. The van der Waals surface area contributed by atoms with Gasteiger partial charge in [-0.05, 0) is 29.2 Å². The van der Waals surface area contributed by atoms with Gasteiger partial charge in [0.2, 0.25) is 0 Å². The molecule has 10 heavy (non-hydrogen) atoms. The van der Waals surface area contributed by atoms with Gasteiger partial charge in [0.15, 0.2) is 0 Å². The van der Waals surface area contributed by atoms with Crippen LogP contribution in [-0.4, -0.2) is 10.2 Å². The van der Waals surface area contributed by atoms with Gasteiger partial charge in [-0.3, -0.25) is 5.10 Å². The first-order chi connectivity index (χ1) is 4.97. The molecule has 1 aromatic rings. The summed E-state index contributed by atoms with van der Waals surface area (Å²) < 4.78 is 0. The van der Waals surface area contributed by atoms with Crippen LogP contribution in [0.1, 0.15) is 5.69 Å². The van der Waals surface area contributed by atoms with Crippen molar-refractivity contribution < 1.29 is 0 Å². The van der Waals surface area contributed by atoms with Gasteiger partial charge in [0.25, 0.3) is 0 Å². The van der Waals surface area contributed by atoms with E-state index < -0.39 is 0 Å². The third-order valence-electron chi connectivity index (χ3n) is 4.54. The Bertz CT molecular complexity index is 353. The maximum absolute atomic E-state index is 4.26. The molecule has 4 aliphatic rings. The largest absolute Gasteiger partial charge is 0.285 e. The van der Waals surface area contributed by atoms with E-state index in [0.29, 0.717) is 5.41 Å². The van der Waals surface area contributed by atoms with Gasteiger partial charge in [-0.15, -0.1) is 0 Å². The lowest BCUT2D eigenvalue weighted by Gasteiger charge is -2.20. The highest BCUT2D eigenvalue weighted by Crippen LogP contribution is 3.29. The Hall–Kier alpha value is -0.790. The molecule has 4 fully saturated rings. The number of hydrogen-bond donors (Lipinski definition) is 1. The van der Waals surface area contributed by atoms with Crippen molar-refractivity contribution in [2.75, 3.05) is 0 Å². The van der Waals surface area contributed by atoms with Crippen LogP contribution in [0.25, 0.3) is 0 Å². The molecule has 1 spiro atoms. The lowest BCUT2D eigenvalue weighted by Crippen LogP contribution is -2.23. The van der Waals surface area contributed by atoms with Crippen LogP contribution in [0.4, 0.5) is 0 Å². The molecule has 2 heteroatoms. The normalized spacial score (nSPS) is 75.8. The van der Waals surface area contributed by atoms with Gasteiger partial charge < -0.3 is 0 Å². The molecule has 2 unspecified atom stereocenters. The van der Waals surface area contributed by atoms with Crippen molar-refractivity contribution in [1.82, 2.24) is 10.2 Å². The van der Waals surface area contributed by atoms with Crippen LogP contribution in [0, 0.1) is 23.2 Å². The quantitative estimate of drug-likeness (QED) is 0.590. The number of rotatable bonds is 1. The fourth-order valence-corrected chi connectivity index (χ4v) is 3.95. The summed E-state index contributed by atoms with van der Waals surface area (Å²) in [5, 5.41) is 7.16. The van der Waals surface area contributed by atoms with E-state index in [4.69, 9.17) is 0 Å². The monoisotopic (exact) mass is 130 g/mol. The topological polar surface area (TPSA) is 28.7 Å². The second kappa shape index (κ2) is 0.576. The molecule has 1 aromatic heterocycles. The number of nitrogens with one attached hydrogen (secondary N) is 1. The summed E-state index contributed by atoms with van der Waals surface area (Å²) in [4.78, 5) is 0. The molecule has 1 heterocycles. The average molecular weight is 130 g/mol. The Labute approximate surface area is 57.6 Å². The van der Waals surface area contributed by atoms with Crippen LogP contribution in [0.3, 0.4) is 0 Å². The molecule has 0 radical (unpaired) electrons. The van der Waals surface area contributed by atoms with Crippen LogP contribution in [0.15, 0.2) is 12.3 Å². The highest BCUT2D eigenvalue weighted by molar-refractivity contribution is 5.82. The Kier molecular flexibility index (Phi) is 0.205. The summed E-state index contributed by atoms with van der Waals surface area (Å²) in [6.07, 6.45) is 1.95. The number of hydrogen-bond acceptors (Lipinski definition) is 1. The summed E-state index contributed by atoms with van der Waals surface area (Å²) in [6.45, 7) is 0. The molecule has 4 aliphatic carbocycles. The second-order valence-electron chi connectivity index (χ2n) is 4.24. The molecule has 0 aliphatic heterocycles. The third kappa shape index (κ3) is 0.106. The van der Waals surface area contributed by atoms with E-state index in [1.54, 1.807) is 0 Å². The van der Waals surface area contributed by atoms with Crippen molar-refractivity contribution in [3.63, 3.8) is 0 Å². The van der Waals surface area contributed by atoms with Crippen molar-refractivity contribution in [3.8, 4) is 0 Å².